The van der Waals surface area contributed by atoms with Crippen molar-refractivity contribution in [2.45, 2.75) is 18.8 Å². The molecule has 3 aromatic heterocycles. The second-order valence-corrected chi connectivity index (χ2v) is 7.89. The molecule has 8 heteroatoms. The van der Waals surface area contributed by atoms with Gasteiger partial charge in [-0.05, 0) is 48.6 Å². The fourth-order valence-corrected chi connectivity index (χ4v) is 4.38. The van der Waals surface area contributed by atoms with Gasteiger partial charge in [-0.3, -0.25) is 14.3 Å². The Bertz CT molecular complexity index is 1320. The van der Waals surface area contributed by atoms with Crippen molar-refractivity contribution in [3.05, 3.63) is 76.5 Å². The van der Waals surface area contributed by atoms with Crippen LogP contribution in [-0.2, 0) is 7.05 Å². The molecule has 31 heavy (non-hydrogen) atoms. The van der Waals surface area contributed by atoms with Gasteiger partial charge in [-0.25, -0.2) is 13.8 Å². The maximum atomic E-state index is 14.2. The van der Waals surface area contributed by atoms with Crippen LogP contribution in [0.3, 0.4) is 0 Å². The quantitative estimate of drug-likeness (QED) is 0.543. The summed E-state index contributed by atoms with van der Waals surface area (Å²) in [5, 5.41) is 1.04. The standard InChI is InChI=1S/C23H21F2N5O/c1-29-22(31)11-21(17-4-7-26-13-19(17)25)28-23(29)30-8-5-14(6-9-30)18-12-27-20-10-15(24)2-3-16(18)20/h2-4,7,10-14,27H,5-6,8-9H2,1H3. The van der Waals surface area contributed by atoms with E-state index < -0.39 is 5.82 Å². The lowest BCUT2D eigenvalue weighted by molar-refractivity contribution is 0.495. The summed E-state index contributed by atoms with van der Waals surface area (Å²) in [4.78, 5) is 26.1. The SMILES string of the molecule is Cn1c(N2CCC(c3c[nH]c4cc(F)ccc34)CC2)nc(-c2ccncc2F)cc1=O. The summed E-state index contributed by atoms with van der Waals surface area (Å²) in [5.74, 6) is 0.0865. The molecular formula is C23H21F2N5O. The van der Waals surface area contributed by atoms with E-state index in [1.165, 1.54) is 40.6 Å². The minimum atomic E-state index is -0.510. The highest BCUT2D eigenvalue weighted by molar-refractivity contribution is 5.83. The molecule has 6 nitrogen and oxygen atoms in total. The molecule has 4 aromatic rings. The van der Waals surface area contributed by atoms with Crippen molar-refractivity contribution in [3.8, 4) is 11.3 Å². The zero-order valence-electron chi connectivity index (χ0n) is 17.0. The van der Waals surface area contributed by atoms with Gasteiger partial charge in [0, 0.05) is 55.1 Å². The van der Waals surface area contributed by atoms with Gasteiger partial charge >= 0.3 is 0 Å². The Balaban J connectivity index is 1.41. The molecule has 5 rings (SSSR count). The van der Waals surface area contributed by atoms with Crippen molar-refractivity contribution in [3.63, 3.8) is 0 Å². The average molecular weight is 421 g/mol. The van der Waals surface area contributed by atoms with E-state index in [1.807, 2.05) is 12.3 Å². The first-order chi connectivity index (χ1) is 15.0. The van der Waals surface area contributed by atoms with Crippen LogP contribution in [0.1, 0.15) is 24.3 Å². The number of rotatable bonds is 3. The summed E-state index contributed by atoms with van der Waals surface area (Å²) >= 11 is 0. The summed E-state index contributed by atoms with van der Waals surface area (Å²) in [5.41, 5.74) is 2.31. The third-order valence-electron chi connectivity index (χ3n) is 6.05. The van der Waals surface area contributed by atoms with Crippen LogP contribution < -0.4 is 10.5 Å². The lowest BCUT2D eigenvalue weighted by Gasteiger charge is -2.33. The molecule has 0 bridgehead atoms. The van der Waals surface area contributed by atoms with Gasteiger partial charge < -0.3 is 9.88 Å². The van der Waals surface area contributed by atoms with E-state index in [2.05, 4.69) is 19.9 Å². The molecule has 1 aliphatic heterocycles. The highest BCUT2D eigenvalue weighted by Crippen LogP contribution is 2.34. The zero-order chi connectivity index (χ0) is 21.5. The Labute approximate surface area is 177 Å². The molecule has 0 aliphatic carbocycles. The minimum Gasteiger partial charge on any atom is -0.361 e. The van der Waals surface area contributed by atoms with E-state index in [0.717, 1.165) is 29.9 Å². The number of H-pyrrole nitrogens is 1. The van der Waals surface area contributed by atoms with E-state index in [1.54, 1.807) is 7.05 Å². The number of pyridine rings is 1. The van der Waals surface area contributed by atoms with Gasteiger partial charge in [0.2, 0.25) is 5.95 Å². The predicted molar refractivity (Wildman–Crippen MR) is 115 cm³/mol. The van der Waals surface area contributed by atoms with E-state index in [-0.39, 0.29) is 16.9 Å². The lowest BCUT2D eigenvalue weighted by Crippen LogP contribution is -2.37. The average Bonchev–Trinajstić information content (AvgIpc) is 3.19. The molecule has 0 spiro atoms. The second kappa shape index (κ2) is 7.61. The zero-order valence-corrected chi connectivity index (χ0v) is 17.0. The Morgan fingerprint density at radius 1 is 1.13 bits per heavy atom. The van der Waals surface area contributed by atoms with Gasteiger partial charge in [0.05, 0.1) is 11.9 Å². The molecule has 0 unspecified atom stereocenters. The second-order valence-electron chi connectivity index (χ2n) is 7.89. The van der Waals surface area contributed by atoms with Crippen molar-refractivity contribution < 1.29 is 8.78 Å². The summed E-state index contributed by atoms with van der Waals surface area (Å²) in [6, 6.07) is 7.68. The fourth-order valence-electron chi connectivity index (χ4n) is 4.38. The number of halogens is 2. The van der Waals surface area contributed by atoms with Gasteiger partial charge in [0.15, 0.2) is 5.82 Å². The normalized spacial score (nSPS) is 15.0. The summed E-state index contributed by atoms with van der Waals surface area (Å²) in [6.45, 7) is 1.42. The van der Waals surface area contributed by atoms with E-state index in [4.69, 9.17) is 0 Å². The van der Waals surface area contributed by atoms with Crippen LogP contribution in [0.25, 0.3) is 22.2 Å². The summed E-state index contributed by atoms with van der Waals surface area (Å²) in [7, 11) is 1.68. The fraction of sp³-hybridized carbons (Fsp3) is 0.261. The van der Waals surface area contributed by atoms with Gasteiger partial charge in [-0.15, -0.1) is 0 Å². The number of aromatic amines is 1. The number of hydrogen-bond acceptors (Lipinski definition) is 4. The van der Waals surface area contributed by atoms with Crippen LogP contribution in [-0.4, -0.2) is 32.6 Å². The first-order valence-electron chi connectivity index (χ1n) is 10.2. The summed E-state index contributed by atoms with van der Waals surface area (Å²) in [6.07, 6.45) is 6.30. The number of piperidine rings is 1. The first-order valence-corrected chi connectivity index (χ1v) is 10.2. The van der Waals surface area contributed by atoms with Crippen LogP contribution in [0.4, 0.5) is 14.7 Å². The maximum absolute atomic E-state index is 14.2. The van der Waals surface area contributed by atoms with Crippen molar-refractivity contribution in [1.29, 1.82) is 0 Å². The van der Waals surface area contributed by atoms with Gasteiger partial charge in [0.25, 0.3) is 5.56 Å². The topological polar surface area (TPSA) is 66.8 Å². The molecule has 0 radical (unpaired) electrons. The molecule has 1 N–H and O–H groups in total. The van der Waals surface area contributed by atoms with Gasteiger partial charge in [-0.1, -0.05) is 0 Å². The van der Waals surface area contributed by atoms with Crippen molar-refractivity contribution in [2.24, 2.45) is 7.05 Å². The Hall–Kier alpha value is -3.55. The van der Waals surface area contributed by atoms with E-state index in [9.17, 15) is 13.6 Å². The first kappa shape index (κ1) is 19.4. The van der Waals surface area contributed by atoms with Crippen molar-refractivity contribution in [2.75, 3.05) is 18.0 Å². The molecule has 158 valence electrons. The van der Waals surface area contributed by atoms with Crippen LogP contribution in [0.5, 0.6) is 0 Å². The highest BCUT2D eigenvalue weighted by atomic mass is 19.1. The number of fused-ring (bicyclic) bond motifs is 1. The number of aromatic nitrogens is 4. The molecule has 0 saturated carbocycles. The molecule has 1 fully saturated rings. The monoisotopic (exact) mass is 421 g/mol. The van der Waals surface area contributed by atoms with Gasteiger partial charge in [0.1, 0.15) is 5.82 Å². The Morgan fingerprint density at radius 2 is 1.94 bits per heavy atom. The third kappa shape index (κ3) is 3.48. The molecular weight excluding hydrogens is 400 g/mol. The van der Waals surface area contributed by atoms with Crippen molar-refractivity contribution >= 4 is 16.9 Å². The van der Waals surface area contributed by atoms with E-state index >= 15 is 0 Å². The highest BCUT2D eigenvalue weighted by Gasteiger charge is 2.25. The molecule has 1 saturated heterocycles. The smallest absolute Gasteiger partial charge is 0.255 e. The van der Waals surface area contributed by atoms with E-state index in [0.29, 0.717) is 30.6 Å². The number of hydrogen-bond donors (Lipinski definition) is 1. The number of anilines is 1. The van der Waals surface area contributed by atoms with Crippen LogP contribution in [0.2, 0.25) is 0 Å². The van der Waals surface area contributed by atoms with Gasteiger partial charge in [-0.2, -0.15) is 0 Å². The number of nitrogens with zero attached hydrogens (tertiary/aromatic N) is 4. The number of nitrogens with one attached hydrogen (secondary N) is 1. The molecule has 4 heterocycles. The third-order valence-corrected chi connectivity index (χ3v) is 6.05. The van der Waals surface area contributed by atoms with Crippen LogP contribution >= 0.6 is 0 Å². The Morgan fingerprint density at radius 3 is 2.71 bits per heavy atom. The molecule has 1 aromatic carbocycles. The van der Waals surface area contributed by atoms with Crippen LogP contribution in [0.15, 0.2) is 53.7 Å². The van der Waals surface area contributed by atoms with Crippen molar-refractivity contribution in [1.82, 2.24) is 19.5 Å². The largest absolute Gasteiger partial charge is 0.361 e. The molecule has 1 aliphatic rings. The number of benzene rings is 1. The molecule has 0 atom stereocenters. The predicted octanol–water partition coefficient (Wildman–Crippen LogP) is 3.99. The summed E-state index contributed by atoms with van der Waals surface area (Å²) < 4.78 is 29.2. The van der Waals surface area contributed by atoms with Crippen LogP contribution in [0, 0.1) is 11.6 Å². The maximum Gasteiger partial charge on any atom is 0.255 e. The lowest BCUT2D eigenvalue weighted by atomic mass is 9.89. The minimum absolute atomic E-state index is 0.239. The molecule has 0 amide bonds. The Kier molecular flexibility index (Phi) is 4.77.